The zero-order chi connectivity index (χ0) is 11.5. The third kappa shape index (κ3) is 2.46. The Labute approximate surface area is 98.2 Å². The van der Waals surface area contributed by atoms with Crippen LogP contribution in [0.5, 0.6) is 0 Å². The molecule has 1 aromatic heterocycles. The second-order valence-corrected chi connectivity index (χ2v) is 5.18. The fourth-order valence-corrected chi connectivity index (χ4v) is 2.45. The van der Waals surface area contributed by atoms with Crippen molar-refractivity contribution in [2.24, 2.45) is 5.92 Å². The molecule has 3 nitrogen and oxygen atoms in total. The molecule has 0 saturated heterocycles. The molecule has 1 fully saturated rings. The third-order valence-corrected chi connectivity index (χ3v) is 3.91. The van der Waals surface area contributed by atoms with E-state index in [1.807, 2.05) is 13.2 Å². The van der Waals surface area contributed by atoms with Gasteiger partial charge in [-0.05, 0) is 45.6 Å². The van der Waals surface area contributed by atoms with Crippen LogP contribution in [0.1, 0.15) is 57.2 Å². The van der Waals surface area contributed by atoms with Gasteiger partial charge in [0.05, 0.1) is 12.2 Å². The first-order chi connectivity index (χ1) is 7.70. The van der Waals surface area contributed by atoms with Crippen LogP contribution < -0.4 is 5.32 Å². The van der Waals surface area contributed by atoms with Gasteiger partial charge in [0.15, 0.2) is 0 Å². The van der Waals surface area contributed by atoms with E-state index in [9.17, 15) is 0 Å². The van der Waals surface area contributed by atoms with E-state index in [4.69, 9.17) is 0 Å². The zero-order valence-corrected chi connectivity index (χ0v) is 10.6. The smallest absolute Gasteiger partial charge is 0.0537 e. The molecule has 0 amide bonds. The fraction of sp³-hybridized carbons (Fsp3) is 0.769. The lowest BCUT2D eigenvalue weighted by Gasteiger charge is -2.26. The summed E-state index contributed by atoms with van der Waals surface area (Å²) in [5.74, 6) is 0.905. The van der Waals surface area contributed by atoms with Crippen molar-refractivity contribution in [1.82, 2.24) is 15.1 Å². The van der Waals surface area contributed by atoms with Gasteiger partial charge in [-0.1, -0.05) is 6.92 Å². The fourth-order valence-electron chi connectivity index (χ4n) is 2.45. The van der Waals surface area contributed by atoms with E-state index in [0.29, 0.717) is 12.1 Å². The number of hydrogen-bond donors (Lipinski definition) is 1. The Hall–Kier alpha value is -0.830. The molecule has 1 N–H and O–H groups in total. The van der Waals surface area contributed by atoms with Crippen LogP contribution in [-0.4, -0.2) is 16.8 Å². The van der Waals surface area contributed by atoms with Crippen LogP contribution in [0.15, 0.2) is 12.4 Å². The number of rotatable bonds is 3. The van der Waals surface area contributed by atoms with E-state index < -0.39 is 0 Å². The predicted molar refractivity (Wildman–Crippen MR) is 66.4 cm³/mol. The van der Waals surface area contributed by atoms with Gasteiger partial charge in [0.1, 0.15) is 0 Å². The van der Waals surface area contributed by atoms with Gasteiger partial charge in [-0.2, -0.15) is 5.10 Å². The minimum absolute atomic E-state index is 0.399. The highest BCUT2D eigenvalue weighted by Gasteiger charge is 2.20. The summed E-state index contributed by atoms with van der Waals surface area (Å²) in [6.07, 6.45) is 9.48. The van der Waals surface area contributed by atoms with Crippen LogP contribution in [-0.2, 0) is 0 Å². The average Bonchev–Trinajstić information content (AvgIpc) is 2.78. The molecule has 1 saturated carbocycles. The summed E-state index contributed by atoms with van der Waals surface area (Å²) in [4.78, 5) is 0. The Morgan fingerprint density at radius 2 is 2.06 bits per heavy atom. The first kappa shape index (κ1) is 11.6. The first-order valence-corrected chi connectivity index (χ1v) is 6.42. The highest BCUT2D eigenvalue weighted by molar-refractivity contribution is 5.09. The maximum atomic E-state index is 4.51. The Bertz CT molecular complexity index is 324. The largest absolute Gasteiger partial charge is 0.313 e. The van der Waals surface area contributed by atoms with Crippen molar-refractivity contribution in [3.63, 3.8) is 0 Å². The van der Waals surface area contributed by atoms with Gasteiger partial charge >= 0.3 is 0 Å². The molecule has 90 valence electrons. The zero-order valence-electron chi connectivity index (χ0n) is 10.6. The van der Waals surface area contributed by atoms with Crippen molar-refractivity contribution >= 4 is 0 Å². The minimum Gasteiger partial charge on any atom is -0.313 e. The molecule has 1 aliphatic carbocycles. The van der Waals surface area contributed by atoms with Gasteiger partial charge in [0.2, 0.25) is 0 Å². The summed E-state index contributed by atoms with van der Waals surface area (Å²) in [5.41, 5.74) is 1.29. The van der Waals surface area contributed by atoms with E-state index in [1.54, 1.807) is 0 Å². The lowest BCUT2D eigenvalue weighted by atomic mass is 9.87. The molecular formula is C13H23N3. The summed E-state index contributed by atoms with van der Waals surface area (Å²) in [5, 5.41) is 7.76. The van der Waals surface area contributed by atoms with Crippen LogP contribution in [0.25, 0.3) is 0 Å². The molecule has 0 aromatic carbocycles. The van der Waals surface area contributed by atoms with Crippen LogP contribution in [0, 0.1) is 5.92 Å². The number of nitrogens with zero attached hydrogens (tertiary/aromatic N) is 2. The SMILES string of the molecule is CNC(C)c1cnn(C2CCC(C)CC2)c1. The maximum Gasteiger partial charge on any atom is 0.0537 e. The van der Waals surface area contributed by atoms with Crippen LogP contribution in [0.2, 0.25) is 0 Å². The molecule has 1 aromatic rings. The second kappa shape index (κ2) is 5.00. The van der Waals surface area contributed by atoms with Gasteiger partial charge in [0, 0.05) is 17.8 Å². The Kier molecular flexibility index (Phi) is 3.64. The Balaban J connectivity index is 2.01. The average molecular weight is 221 g/mol. The van der Waals surface area contributed by atoms with Crippen molar-refractivity contribution < 1.29 is 0 Å². The van der Waals surface area contributed by atoms with Gasteiger partial charge in [-0.25, -0.2) is 0 Å². The molecule has 0 aliphatic heterocycles. The minimum atomic E-state index is 0.399. The summed E-state index contributed by atoms with van der Waals surface area (Å²) < 4.78 is 2.18. The molecule has 0 bridgehead atoms. The normalized spacial score (nSPS) is 27.9. The van der Waals surface area contributed by atoms with Gasteiger partial charge in [-0.15, -0.1) is 0 Å². The van der Waals surface area contributed by atoms with Gasteiger partial charge in [-0.3, -0.25) is 4.68 Å². The molecular weight excluding hydrogens is 198 g/mol. The summed E-state index contributed by atoms with van der Waals surface area (Å²) >= 11 is 0. The highest BCUT2D eigenvalue weighted by Crippen LogP contribution is 2.31. The van der Waals surface area contributed by atoms with E-state index >= 15 is 0 Å². The maximum absolute atomic E-state index is 4.51. The molecule has 1 unspecified atom stereocenters. The van der Waals surface area contributed by atoms with Gasteiger partial charge < -0.3 is 5.32 Å². The summed E-state index contributed by atoms with van der Waals surface area (Å²) in [7, 11) is 1.99. The van der Waals surface area contributed by atoms with E-state index in [1.165, 1.54) is 31.2 Å². The Morgan fingerprint density at radius 3 is 2.69 bits per heavy atom. The third-order valence-electron chi connectivity index (χ3n) is 3.91. The van der Waals surface area contributed by atoms with E-state index in [-0.39, 0.29) is 0 Å². The van der Waals surface area contributed by atoms with Crippen LogP contribution in [0.3, 0.4) is 0 Å². The quantitative estimate of drug-likeness (QED) is 0.850. The molecule has 1 aliphatic rings. The molecule has 3 heteroatoms. The van der Waals surface area contributed by atoms with Crippen molar-refractivity contribution in [3.05, 3.63) is 18.0 Å². The summed E-state index contributed by atoms with van der Waals surface area (Å²) in [6.45, 7) is 4.53. The topological polar surface area (TPSA) is 29.9 Å². The molecule has 2 rings (SSSR count). The summed E-state index contributed by atoms with van der Waals surface area (Å²) in [6, 6.07) is 1.03. The van der Waals surface area contributed by atoms with Gasteiger partial charge in [0.25, 0.3) is 0 Å². The molecule has 1 heterocycles. The molecule has 16 heavy (non-hydrogen) atoms. The highest BCUT2D eigenvalue weighted by atomic mass is 15.3. The first-order valence-electron chi connectivity index (χ1n) is 6.42. The molecule has 0 spiro atoms. The van der Waals surface area contributed by atoms with Crippen molar-refractivity contribution in [1.29, 1.82) is 0 Å². The van der Waals surface area contributed by atoms with Crippen LogP contribution >= 0.6 is 0 Å². The van der Waals surface area contributed by atoms with Crippen molar-refractivity contribution in [2.75, 3.05) is 7.05 Å². The molecule has 0 radical (unpaired) electrons. The lowest BCUT2D eigenvalue weighted by Crippen LogP contribution is -2.17. The lowest BCUT2D eigenvalue weighted by molar-refractivity contribution is 0.274. The predicted octanol–water partition coefficient (Wildman–Crippen LogP) is 2.91. The van der Waals surface area contributed by atoms with Crippen molar-refractivity contribution in [2.45, 2.75) is 51.6 Å². The van der Waals surface area contributed by atoms with Crippen LogP contribution in [0.4, 0.5) is 0 Å². The molecule has 1 atom stereocenters. The standard InChI is InChI=1S/C13H23N3/c1-10-4-6-13(7-5-10)16-9-12(8-15-16)11(2)14-3/h8-11,13-14H,4-7H2,1-3H3. The number of aromatic nitrogens is 2. The van der Waals surface area contributed by atoms with E-state index in [0.717, 1.165) is 5.92 Å². The number of hydrogen-bond acceptors (Lipinski definition) is 2. The Morgan fingerprint density at radius 1 is 1.38 bits per heavy atom. The van der Waals surface area contributed by atoms with E-state index in [2.05, 4.69) is 35.1 Å². The second-order valence-electron chi connectivity index (χ2n) is 5.18. The number of nitrogens with one attached hydrogen (secondary N) is 1. The monoisotopic (exact) mass is 221 g/mol. The van der Waals surface area contributed by atoms with Crippen molar-refractivity contribution in [3.8, 4) is 0 Å².